The molecule has 2 heterocycles. The molecule has 7 heteroatoms. The van der Waals surface area contributed by atoms with E-state index in [2.05, 4.69) is 16.8 Å². The zero-order chi connectivity index (χ0) is 22.6. The molecule has 1 saturated heterocycles. The van der Waals surface area contributed by atoms with Gasteiger partial charge in [0.05, 0.1) is 5.56 Å². The van der Waals surface area contributed by atoms with Gasteiger partial charge in [0.1, 0.15) is 5.82 Å². The van der Waals surface area contributed by atoms with Crippen LogP contribution in [0.25, 0.3) is 0 Å². The lowest BCUT2D eigenvalue weighted by Gasteiger charge is -2.35. The number of amides is 1. The highest BCUT2D eigenvalue weighted by Gasteiger charge is 2.31. The van der Waals surface area contributed by atoms with Gasteiger partial charge in [0, 0.05) is 49.1 Å². The molecule has 0 N–H and O–H groups in total. The Labute approximate surface area is 184 Å². The number of hydrogen-bond acceptors (Lipinski definition) is 3. The third-order valence-corrected chi connectivity index (χ3v) is 5.20. The standard InChI is InChI=1S/C25H20F3N3O/c26-25(27,28)22-11-12-23(29-18-22)30-13-15-31(16-14-30)24(32)21-8-4-7-20(17-21)10-9-19-5-2-1-3-6-19/h1-8,11-12,17-18H,13-16H2. The van der Waals surface area contributed by atoms with Gasteiger partial charge in [0.15, 0.2) is 0 Å². The summed E-state index contributed by atoms with van der Waals surface area (Å²) < 4.78 is 38.2. The number of anilines is 1. The van der Waals surface area contributed by atoms with Gasteiger partial charge in [0.25, 0.3) is 5.91 Å². The summed E-state index contributed by atoms with van der Waals surface area (Å²) in [6, 6.07) is 19.2. The van der Waals surface area contributed by atoms with Crippen LogP contribution >= 0.6 is 0 Å². The summed E-state index contributed by atoms with van der Waals surface area (Å²) in [5.41, 5.74) is 1.45. The van der Waals surface area contributed by atoms with Gasteiger partial charge in [-0.2, -0.15) is 13.2 Å². The summed E-state index contributed by atoms with van der Waals surface area (Å²) in [6.07, 6.45) is -3.56. The van der Waals surface area contributed by atoms with Crippen LogP contribution in [0.1, 0.15) is 27.0 Å². The lowest BCUT2D eigenvalue weighted by atomic mass is 10.1. The Hall–Kier alpha value is -3.79. The predicted octanol–water partition coefficient (Wildman–Crippen LogP) is 4.46. The summed E-state index contributed by atoms with van der Waals surface area (Å²) in [4.78, 5) is 20.5. The second-order valence-corrected chi connectivity index (χ2v) is 7.38. The van der Waals surface area contributed by atoms with Crippen molar-refractivity contribution in [2.24, 2.45) is 0 Å². The molecule has 1 aromatic heterocycles. The number of alkyl halides is 3. The Balaban J connectivity index is 1.39. The first-order chi connectivity index (χ1) is 15.4. The fourth-order valence-electron chi connectivity index (χ4n) is 3.46. The molecule has 0 atom stereocenters. The Morgan fingerprint density at radius 1 is 0.844 bits per heavy atom. The van der Waals surface area contributed by atoms with Gasteiger partial charge in [0.2, 0.25) is 0 Å². The Morgan fingerprint density at radius 2 is 1.53 bits per heavy atom. The summed E-state index contributed by atoms with van der Waals surface area (Å²) >= 11 is 0. The van der Waals surface area contributed by atoms with Gasteiger partial charge in [-0.15, -0.1) is 0 Å². The van der Waals surface area contributed by atoms with Crippen molar-refractivity contribution in [2.45, 2.75) is 6.18 Å². The number of pyridine rings is 1. The van der Waals surface area contributed by atoms with Crippen molar-refractivity contribution in [3.05, 3.63) is 95.2 Å². The lowest BCUT2D eigenvalue weighted by molar-refractivity contribution is -0.137. The molecule has 32 heavy (non-hydrogen) atoms. The number of rotatable bonds is 2. The number of benzene rings is 2. The molecule has 0 bridgehead atoms. The zero-order valence-electron chi connectivity index (χ0n) is 17.1. The quantitative estimate of drug-likeness (QED) is 0.558. The predicted molar refractivity (Wildman–Crippen MR) is 116 cm³/mol. The second-order valence-electron chi connectivity index (χ2n) is 7.38. The van der Waals surface area contributed by atoms with Crippen LogP contribution in [0.2, 0.25) is 0 Å². The van der Waals surface area contributed by atoms with E-state index in [0.717, 1.165) is 23.4 Å². The van der Waals surface area contributed by atoms with Crippen molar-refractivity contribution in [1.29, 1.82) is 0 Å². The molecule has 1 aliphatic rings. The van der Waals surface area contributed by atoms with Crippen LogP contribution in [-0.2, 0) is 6.18 Å². The molecule has 0 aliphatic carbocycles. The highest BCUT2D eigenvalue weighted by Crippen LogP contribution is 2.29. The van der Waals surface area contributed by atoms with E-state index in [1.54, 1.807) is 17.0 Å². The number of carbonyl (C=O) groups excluding carboxylic acids is 1. The molecule has 4 nitrogen and oxygen atoms in total. The van der Waals surface area contributed by atoms with Crippen LogP contribution in [0.4, 0.5) is 19.0 Å². The topological polar surface area (TPSA) is 36.4 Å². The molecule has 1 amide bonds. The summed E-state index contributed by atoms with van der Waals surface area (Å²) in [7, 11) is 0. The van der Waals surface area contributed by atoms with Gasteiger partial charge in [-0.1, -0.05) is 36.1 Å². The molecule has 3 aromatic rings. The molecule has 0 radical (unpaired) electrons. The van der Waals surface area contributed by atoms with E-state index < -0.39 is 11.7 Å². The van der Waals surface area contributed by atoms with Crippen LogP contribution in [0.15, 0.2) is 72.9 Å². The van der Waals surface area contributed by atoms with Crippen molar-refractivity contribution in [3.63, 3.8) is 0 Å². The van der Waals surface area contributed by atoms with Crippen molar-refractivity contribution < 1.29 is 18.0 Å². The fraction of sp³-hybridized carbons (Fsp3) is 0.200. The van der Waals surface area contributed by atoms with Crippen molar-refractivity contribution in [1.82, 2.24) is 9.88 Å². The molecular formula is C25H20F3N3O. The normalized spacial score (nSPS) is 14.0. The van der Waals surface area contributed by atoms with E-state index in [9.17, 15) is 18.0 Å². The van der Waals surface area contributed by atoms with E-state index in [-0.39, 0.29) is 5.91 Å². The minimum absolute atomic E-state index is 0.0895. The van der Waals surface area contributed by atoms with E-state index >= 15 is 0 Å². The molecule has 0 spiro atoms. The number of aromatic nitrogens is 1. The lowest BCUT2D eigenvalue weighted by Crippen LogP contribution is -2.49. The average Bonchev–Trinajstić information content (AvgIpc) is 2.83. The van der Waals surface area contributed by atoms with E-state index in [1.165, 1.54) is 6.07 Å². The number of carbonyl (C=O) groups is 1. The van der Waals surface area contributed by atoms with Crippen LogP contribution in [0, 0.1) is 11.8 Å². The van der Waals surface area contributed by atoms with E-state index in [4.69, 9.17) is 0 Å². The van der Waals surface area contributed by atoms with Crippen LogP contribution in [-0.4, -0.2) is 42.0 Å². The molecule has 2 aromatic carbocycles. The molecule has 1 aliphatic heterocycles. The molecule has 4 rings (SSSR count). The molecule has 0 saturated carbocycles. The second kappa shape index (κ2) is 9.15. The van der Waals surface area contributed by atoms with E-state index in [0.29, 0.717) is 37.6 Å². The highest BCUT2D eigenvalue weighted by atomic mass is 19.4. The highest BCUT2D eigenvalue weighted by molar-refractivity contribution is 5.94. The average molecular weight is 435 g/mol. The number of hydrogen-bond donors (Lipinski definition) is 0. The minimum Gasteiger partial charge on any atom is -0.353 e. The number of piperazine rings is 1. The van der Waals surface area contributed by atoms with Crippen molar-refractivity contribution >= 4 is 11.7 Å². The van der Waals surface area contributed by atoms with Gasteiger partial charge >= 0.3 is 6.18 Å². The molecular weight excluding hydrogens is 415 g/mol. The maximum atomic E-state index is 12.9. The van der Waals surface area contributed by atoms with Crippen molar-refractivity contribution in [2.75, 3.05) is 31.1 Å². The third-order valence-electron chi connectivity index (χ3n) is 5.20. The first kappa shape index (κ1) is 21.4. The van der Waals surface area contributed by atoms with E-state index in [1.807, 2.05) is 47.4 Å². The van der Waals surface area contributed by atoms with Crippen molar-refractivity contribution in [3.8, 4) is 11.8 Å². The Morgan fingerprint density at radius 3 is 2.19 bits per heavy atom. The smallest absolute Gasteiger partial charge is 0.353 e. The first-order valence-electron chi connectivity index (χ1n) is 10.1. The number of nitrogens with zero attached hydrogens (tertiary/aromatic N) is 3. The molecule has 162 valence electrons. The Bertz CT molecular complexity index is 1140. The summed E-state index contributed by atoms with van der Waals surface area (Å²) in [5, 5.41) is 0. The fourth-order valence-corrected chi connectivity index (χ4v) is 3.46. The van der Waals surface area contributed by atoms with Gasteiger partial charge in [-0.25, -0.2) is 4.98 Å². The monoisotopic (exact) mass is 435 g/mol. The van der Waals surface area contributed by atoms with Crippen LogP contribution < -0.4 is 4.90 Å². The summed E-state index contributed by atoms with van der Waals surface area (Å²) in [6.45, 7) is 1.91. The van der Waals surface area contributed by atoms with Gasteiger partial charge in [-0.05, 0) is 42.5 Å². The zero-order valence-corrected chi connectivity index (χ0v) is 17.1. The maximum absolute atomic E-state index is 12.9. The molecule has 1 fully saturated rings. The minimum atomic E-state index is -4.41. The first-order valence-corrected chi connectivity index (χ1v) is 10.1. The van der Waals surface area contributed by atoms with Crippen LogP contribution in [0.5, 0.6) is 0 Å². The number of halogens is 3. The maximum Gasteiger partial charge on any atom is 0.417 e. The Kier molecular flexibility index (Phi) is 6.13. The third kappa shape index (κ3) is 5.09. The van der Waals surface area contributed by atoms with Gasteiger partial charge < -0.3 is 9.80 Å². The summed E-state index contributed by atoms with van der Waals surface area (Å²) in [5.74, 6) is 6.56. The SMILES string of the molecule is O=C(c1cccc(C#Cc2ccccc2)c1)N1CCN(c2ccc(C(F)(F)F)cn2)CC1. The van der Waals surface area contributed by atoms with Crippen LogP contribution in [0.3, 0.4) is 0 Å². The van der Waals surface area contributed by atoms with Gasteiger partial charge in [-0.3, -0.25) is 4.79 Å². The molecule has 0 unspecified atom stereocenters. The largest absolute Gasteiger partial charge is 0.417 e.